The Morgan fingerprint density at radius 2 is 2.20 bits per heavy atom. The van der Waals surface area contributed by atoms with Crippen molar-refractivity contribution in [2.75, 3.05) is 31.2 Å². The lowest BCUT2D eigenvalue weighted by Crippen LogP contribution is -2.21. The number of benzene rings is 1. The first-order valence-corrected chi connectivity index (χ1v) is 8.20. The van der Waals surface area contributed by atoms with E-state index in [4.69, 9.17) is 4.74 Å². The second-order valence-corrected chi connectivity index (χ2v) is 6.53. The molecule has 2 N–H and O–H groups in total. The van der Waals surface area contributed by atoms with Crippen molar-refractivity contribution in [1.29, 1.82) is 0 Å². The summed E-state index contributed by atoms with van der Waals surface area (Å²) in [6.45, 7) is 3.62. The molecule has 2 rings (SSSR count). The van der Waals surface area contributed by atoms with Gasteiger partial charge in [-0.3, -0.25) is 9.71 Å². The molecule has 20 heavy (non-hydrogen) atoms. The Morgan fingerprint density at radius 1 is 1.45 bits per heavy atom. The standard InChI is InChI=1S/C13H19N3O3S/c1-9-6-11(16-20(3,17)18)12(19-2)7-10(9)8-13-14-4-5-15-13/h6-7,16H,4-5,8H2,1-3H3,(H,14,15). The number of aliphatic imine (C=N–C) groups is 1. The highest BCUT2D eigenvalue weighted by Gasteiger charge is 2.14. The topological polar surface area (TPSA) is 79.8 Å². The van der Waals surface area contributed by atoms with Crippen molar-refractivity contribution in [3.8, 4) is 5.75 Å². The van der Waals surface area contributed by atoms with Crippen LogP contribution in [0.5, 0.6) is 5.75 Å². The SMILES string of the molecule is COc1cc(CC2=NCCN2)c(C)cc1NS(C)(=O)=O. The number of nitrogens with zero attached hydrogens (tertiary/aromatic N) is 1. The molecule has 1 aromatic rings. The van der Waals surface area contributed by atoms with Crippen molar-refractivity contribution in [2.24, 2.45) is 4.99 Å². The number of aryl methyl sites for hydroxylation is 1. The fourth-order valence-electron chi connectivity index (χ4n) is 2.11. The van der Waals surface area contributed by atoms with E-state index in [2.05, 4.69) is 15.0 Å². The number of hydrogen-bond acceptors (Lipinski definition) is 5. The van der Waals surface area contributed by atoms with Gasteiger partial charge in [0.05, 0.1) is 25.6 Å². The van der Waals surface area contributed by atoms with Gasteiger partial charge in [0, 0.05) is 13.0 Å². The molecule has 1 aliphatic rings. The third-order valence-corrected chi connectivity index (χ3v) is 3.65. The van der Waals surface area contributed by atoms with Gasteiger partial charge >= 0.3 is 0 Å². The van der Waals surface area contributed by atoms with Gasteiger partial charge < -0.3 is 10.1 Å². The molecule has 1 aliphatic heterocycles. The number of anilines is 1. The molecule has 0 saturated carbocycles. The first kappa shape index (κ1) is 14.6. The van der Waals surface area contributed by atoms with Crippen LogP contribution in [0.3, 0.4) is 0 Å². The second kappa shape index (κ2) is 5.70. The van der Waals surface area contributed by atoms with E-state index in [9.17, 15) is 8.42 Å². The number of rotatable bonds is 5. The van der Waals surface area contributed by atoms with Crippen LogP contribution in [-0.2, 0) is 16.4 Å². The Labute approximate surface area is 119 Å². The number of sulfonamides is 1. The molecule has 0 atom stereocenters. The maximum absolute atomic E-state index is 11.3. The van der Waals surface area contributed by atoms with Crippen LogP contribution < -0.4 is 14.8 Å². The average molecular weight is 297 g/mol. The lowest BCUT2D eigenvalue weighted by Gasteiger charge is -2.14. The molecule has 6 nitrogen and oxygen atoms in total. The van der Waals surface area contributed by atoms with Gasteiger partial charge in [0.25, 0.3) is 0 Å². The quantitative estimate of drug-likeness (QED) is 0.847. The van der Waals surface area contributed by atoms with E-state index in [1.165, 1.54) is 7.11 Å². The molecule has 110 valence electrons. The largest absolute Gasteiger partial charge is 0.495 e. The predicted molar refractivity (Wildman–Crippen MR) is 80.2 cm³/mol. The van der Waals surface area contributed by atoms with E-state index >= 15 is 0 Å². The maximum Gasteiger partial charge on any atom is 0.229 e. The third kappa shape index (κ3) is 3.63. The lowest BCUT2D eigenvalue weighted by molar-refractivity contribution is 0.416. The number of hydrogen-bond donors (Lipinski definition) is 2. The fraction of sp³-hybridized carbons (Fsp3) is 0.462. The van der Waals surface area contributed by atoms with E-state index in [1.807, 2.05) is 13.0 Å². The summed E-state index contributed by atoms with van der Waals surface area (Å²) in [5.41, 5.74) is 2.51. The van der Waals surface area contributed by atoms with Crippen LogP contribution in [0.2, 0.25) is 0 Å². The van der Waals surface area contributed by atoms with Gasteiger partial charge in [0.1, 0.15) is 11.6 Å². The Bertz CT molecular complexity index is 639. The first-order chi connectivity index (χ1) is 9.39. The summed E-state index contributed by atoms with van der Waals surface area (Å²) in [6, 6.07) is 3.64. The summed E-state index contributed by atoms with van der Waals surface area (Å²) in [5.74, 6) is 1.47. The van der Waals surface area contributed by atoms with E-state index in [0.29, 0.717) is 17.9 Å². The molecule has 0 aromatic heterocycles. The van der Waals surface area contributed by atoms with E-state index in [1.54, 1.807) is 6.07 Å². The van der Waals surface area contributed by atoms with E-state index < -0.39 is 10.0 Å². The molecule has 0 unspecified atom stereocenters. The molecule has 0 saturated heterocycles. The first-order valence-electron chi connectivity index (χ1n) is 6.31. The van der Waals surface area contributed by atoms with Crippen molar-refractivity contribution < 1.29 is 13.2 Å². The van der Waals surface area contributed by atoms with E-state index in [-0.39, 0.29) is 0 Å². The third-order valence-electron chi connectivity index (χ3n) is 3.05. The molecule has 7 heteroatoms. The van der Waals surface area contributed by atoms with Gasteiger partial charge in [-0.2, -0.15) is 0 Å². The van der Waals surface area contributed by atoms with Gasteiger partial charge in [-0.25, -0.2) is 8.42 Å². The monoisotopic (exact) mass is 297 g/mol. The highest BCUT2D eigenvalue weighted by atomic mass is 32.2. The lowest BCUT2D eigenvalue weighted by atomic mass is 10.0. The Kier molecular flexibility index (Phi) is 4.17. The predicted octanol–water partition coefficient (Wildman–Crippen LogP) is 0.919. The molecule has 0 fully saturated rings. The van der Waals surface area contributed by atoms with Gasteiger partial charge in [-0.1, -0.05) is 0 Å². The zero-order valence-corrected chi connectivity index (χ0v) is 12.7. The molecule has 0 bridgehead atoms. The van der Waals surface area contributed by atoms with Gasteiger partial charge in [-0.05, 0) is 30.2 Å². The fourth-order valence-corrected chi connectivity index (χ4v) is 2.67. The minimum Gasteiger partial charge on any atom is -0.495 e. The van der Waals surface area contributed by atoms with E-state index in [0.717, 1.165) is 36.3 Å². The number of ether oxygens (including phenoxy) is 1. The van der Waals surface area contributed by atoms with Crippen molar-refractivity contribution in [3.63, 3.8) is 0 Å². The number of amidine groups is 1. The van der Waals surface area contributed by atoms with Crippen molar-refractivity contribution in [3.05, 3.63) is 23.3 Å². The zero-order chi connectivity index (χ0) is 14.8. The molecule has 0 aliphatic carbocycles. The Morgan fingerprint density at radius 3 is 2.75 bits per heavy atom. The summed E-state index contributed by atoms with van der Waals surface area (Å²) >= 11 is 0. The van der Waals surface area contributed by atoms with Crippen LogP contribution in [0, 0.1) is 6.92 Å². The highest BCUT2D eigenvalue weighted by molar-refractivity contribution is 7.92. The minimum absolute atomic E-state index is 0.456. The molecule has 0 amide bonds. The van der Waals surface area contributed by atoms with Gasteiger partial charge in [0.15, 0.2) is 0 Å². The molecule has 1 aromatic carbocycles. The van der Waals surface area contributed by atoms with Crippen LogP contribution in [0.1, 0.15) is 11.1 Å². The van der Waals surface area contributed by atoms with Crippen LogP contribution in [-0.4, -0.2) is 40.7 Å². The summed E-state index contributed by atoms with van der Waals surface area (Å²) in [5, 5.41) is 3.22. The molecular weight excluding hydrogens is 278 g/mol. The Hall–Kier alpha value is -1.76. The van der Waals surface area contributed by atoms with Gasteiger partial charge in [0.2, 0.25) is 10.0 Å². The summed E-state index contributed by atoms with van der Waals surface area (Å²) in [4.78, 5) is 4.36. The summed E-state index contributed by atoms with van der Waals surface area (Å²) in [6.07, 6.45) is 1.81. The normalized spacial score (nSPS) is 14.7. The summed E-state index contributed by atoms with van der Waals surface area (Å²) in [7, 11) is -1.81. The second-order valence-electron chi connectivity index (χ2n) is 4.79. The van der Waals surface area contributed by atoms with Crippen molar-refractivity contribution >= 4 is 21.5 Å². The molecule has 1 heterocycles. The van der Waals surface area contributed by atoms with Crippen LogP contribution >= 0.6 is 0 Å². The van der Waals surface area contributed by atoms with Crippen LogP contribution in [0.25, 0.3) is 0 Å². The maximum atomic E-state index is 11.3. The molecule has 0 radical (unpaired) electrons. The smallest absolute Gasteiger partial charge is 0.229 e. The van der Waals surface area contributed by atoms with Crippen LogP contribution in [0.4, 0.5) is 5.69 Å². The molecular formula is C13H19N3O3S. The number of nitrogens with one attached hydrogen (secondary N) is 2. The number of methoxy groups -OCH3 is 1. The highest BCUT2D eigenvalue weighted by Crippen LogP contribution is 2.29. The zero-order valence-electron chi connectivity index (χ0n) is 11.9. The minimum atomic E-state index is -3.33. The van der Waals surface area contributed by atoms with Crippen molar-refractivity contribution in [1.82, 2.24) is 5.32 Å². The van der Waals surface area contributed by atoms with Crippen LogP contribution in [0.15, 0.2) is 17.1 Å². The summed E-state index contributed by atoms with van der Waals surface area (Å²) < 4.78 is 30.4. The molecule has 0 spiro atoms. The Balaban J connectivity index is 2.31. The van der Waals surface area contributed by atoms with Gasteiger partial charge in [-0.15, -0.1) is 0 Å². The van der Waals surface area contributed by atoms with Crippen molar-refractivity contribution in [2.45, 2.75) is 13.3 Å². The average Bonchev–Trinajstić information content (AvgIpc) is 2.83.